The summed E-state index contributed by atoms with van der Waals surface area (Å²) in [5.41, 5.74) is 1.90. The third-order valence-electron chi connectivity index (χ3n) is 3.82. The van der Waals surface area contributed by atoms with E-state index in [4.69, 9.17) is 11.6 Å². The molecule has 3 nitrogen and oxygen atoms in total. The second-order valence-corrected chi connectivity index (χ2v) is 7.75. The Kier molecular flexibility index (Phi) is 3.78. The molecular formula is C16H16ClNO2S. The van der Waals surface area contributed by atoms with Crippen LogP contribution in [0, 0.1) is 0 Å². The number of benzene rings is 2. The van der Waals surface area contributed by atoms with Crippen molar-refractivity contribution in [2.24, 2.45) is 0 Å². The smallest absolute Gasteiger partial charge is 0.180 e. The third kappa shape index (κ3) is 2.84. The zero-order valence-electron chi connectivity index (χ0n) is 11.6. The van der Waals surface area contributed by atoms with Crippen LogP contribution in [0.4, 0.5) is 0 Å². The zero-order chi connectivity index (χ0) is 15.0. The van der Waals surface area contributed by atoms with Gasteiger partial charge in [-0.25, -0.2) is 8.42 Å². The summed E-state index contributed by atoms with van der Waals surface area (Å²) in [5.74, 6) is 0.108. The van der Waals surface area contributed by atoms with Gasteiger partial charge in [0.15, 0.2) is 9.84 Å². The number of rotatable bonds is 3. The SMILES string of the molecule is CC(NC1CS(=O)(=O)c2ccccc21)c1cccc(Cl)c1. The molecule has 5 heteroatoms. The molecule has 0 spiro atoms. The van der Waals surface area contributed by atoms with Gasteiger partial charge >= 0.3 is 0 Å². The lowest BCUT2D eigenvalue weighted by Crippen LogP contribution is -2.25. The van der Waals surface area contributed by atoms with Gasteiger partial charge in [0.05, 0.1) is 10.6 Å². The van der Waals surface area contributed by atoms with E-state index in [0.717, 1.165) is 11.1 Å². The van der Waals surface area contributed by atoms with Crippen LogP contribution >= 0.6 is 11.6 Å². The maximum absolute atomic E-state index is 12.2. The first-order valence-corrected chi connectivity index (χ1v) is 8.83. The highest BCUT2D eigenvalue weighted by Gasteiger charge is 2.34. The van der Waals surface area contributed by atoms with Crippen molar-refractivity contribution in [1.29, 1.82) is 0 Å². The molecule has 21 heavy (non-hydrogen) atoms. The molecule has 0 saturated carbocycles. The van der Waals surface area contributed by atoms with Crippen LogP contribution in [-0.2, 0) is 9.84 Å². The van der Waals surface area contributed by atoms with E-state index >= 15 is 0 Å². The lowest BCUT2D eigenvalue weighted by molar-refractivity contribution is 0.497. The Balaban J connectivity index is 1.87. The number of halogens is 1. The normalized spacial score (nSPS) is 21.0. The summed E-state index contributed by atoms with van der Waals surface area (Å²) in [7, 11) is -3.18. The predicted octanol–water partition coefficient (Wildman–Crippen LogP) is 3.52. The molecule has 0 saturated heterocycles. The molecule has 0 aromatic heterocycles. The monoisotopic (exact) mass is 321 g/mol. The fourth-order valence-electron chi connectivity index (χ4n) is 2.76. The van der Waals surface area contributed by atoms with Crippen LogP contribution in [0.5, 0.6) is 0 Å². The largest absolute Gasteiger partial charge is 0.302 e. The van der Waals surface area contributed by atoms with Crippen LogP contribution < -0.4 is 5.32 Å². The number of hydrogen-bond donors (Lipinski definition) is 1. The summed E-state index contributed by atoms with van der Waals surface area (Å²) in [6.45, 7) is 2.01. The number of nitrogens with one attached hydrogen (secondary N) is 1. The Morgan fingerprint density at radius 1 is 1.19 bits per heavy atom. The number of hydrogen-bond acceptors (Lipinski definition) is 3. The molecule has 0 bridgehead atoms. The molecule has 2 unspecified atom stereocenters. The van der Waals surface area contributed by atoms with Gasteiger partial charge in [-0.3, -0.25) is 0 Å². The predicted molar refractivity (Wildman–Crippen MR) is 84.2 cm³/mol. The van der Waals surface area contributed by atoms with Crippen LogP contribution in [-0.4, -0.2) is 14.2 Å². The van der Waals surface area contributed by atoms with Crippen molar-refractivity contribution in [3.8, 4) is 0 Å². The van der Waals surface area contributed by atoms with Crippen LogP contribution in [0.1, 0.15) is 30.1 Å². The topological polar surface area (TPSA) is 46.2 Å². The van der Waals surface area contributed by atoms with Crippen molar-refractivity contribution >= 4 is 21.4 Å². The number of sulfone groups is 1. The van der Waals surface area contributed by atoms with E-state index in [-0.39, 0.29) is 17.8 Å². The van der Waals surface area contributed by atoms with E-state index in [1.54, 1.807) is 12.1 Å². The molecular weight excluding hydrogens is 306 g/mol. The van der Waals surface area contributed by atoms with Crippen molar-refractivity contribution in [2.75, 3.05) is 5.75 Å². The lowest BCUT2D eigenvalue weighted by Gasteiger charge is -2.20. The quantitative estimate of drug-likeness (QED) is 0.941. The first-order chi connectivity index (χ1) is 9.97. The summed E-state index contributed by atoms with van der Waals surface area (Å²) in [5, 5.41) is 4.08. The molecule has 110 valence electrons. The molecule has 3 rings (SSSR count). The highest BCUT2D eigenvalue weighted by Crippen LogP contribution is 2.34. The fraction of sp³-hybridized carbons (Fsp3) is 0.250. The second kappa shape index (κ2) is 5.44. The van der Waals surface area contributed by atoms with E-state index in [1.807, 2.05) is 43.3 Å². The Morgan fingerprint density at radius 3 is 2.71 bits per heavy atom. The van der Waals surface area contributed by atoms with Crippen molar-refractivity contribution < 1.29 is 8.42 Å². The summed E-state index contributed by atoms with van der Waals surface area (Å²) >= 11 is 6.01. The van der Waals surface area contributed by atoms with Gasteiger partial charge in [0.2, 0.25) is 0 Å². The first kappa shape index (κ1) is 14.6. The average Bonchev–Trinajstić information content (AvgIpc) is 2.71. The van der Waals surface area contributed by atoms with Gasteiger partial charge in [0, 0.05) is 17.1 Å². The first-order valence-electron chi connectivity index (χ1n) is 6.80. The molecule has 0 radical (unpaired) electrons. The van der Waals surface area contributed by atoms with Crippen LogP contribution in [0.2, 0.25) is 5.02 Å². The van der Waals surface area contributed by atoms with E-state index in [1.165, 1.54) is 0 Å². The molecule has 0 aliphatic carbocycles. The minimum atomic E-state index is -3.18. The highest BCUT2D eigenvalue weighted by atomic mass is 35.5. The van der Waals surface area contributed by atoms with Gasteiger partial charge in [-0.1, -0.05) is 41.9 Å². The molecule has 1 N–H and O–H groups in total. The van der Waals surface area contributed by atoms with Crippen molar-refractivity contribution in [3.63, 3.8) is 0 Å². The summed E-state index contributed by atoms with van der Waals surface area (Å²) < 4.78 is 24.3. The van der Waals surface area contributed by atoms with Crippen LogP contribution in [0.15, 0.2) is 53.4 Å². The summed E-state index contributed by atoms with van der Waals surface area (Å²) in [6.07, 6.45) is 0. The van der Waals surface area contributed by atoms with Gasteiger partial charge in [0.1, 0.15) is 0 Å². The highest BCUT2D eigenvalue weighted by molar-refractivity contribution is 7.91. The molecule has 0 amide bonds. The second-order valence-electron chi connectivity index (χ2n) is 5.32. The molecule has 1 aliphatic rings. The number of fused-ring (bicyclic) bond motifs is 1. The van der Waals surface area contributed by atoms with E-state index in [9.17, 15) is 8.42 Å². The molecule has 1 heterocycles. The van der Waals surface area contributed by atoms with Gasteiger partial charge in [0.25, 0.3) is 0 Å². The van der Waals surface area contributed by atoms with Crippen LogP contribution in [0.3, 0.4) is 0 Å². The van der Waals surface area contributed by atoms with Gasteiger partial charge in [-0.15, -0.1) is 0 Å². The average molecular weight is 322 g/mol. The maximum atomic E-state index is 12.2. The van der Waals surface area contributed by atoms with Crippen molar-refractivity contribution in [3.05, 3.63) is 64.7 Å². The standard InChI is InChI=1S/C16H16ClNO2S/c1-11(12-5-4-6-13(17)9-12)18-15-10-21(19,20)16-8-3-2-7-14(15)16/h2-9,11,15,18H,10H2,1H3. The maximum Gasteiger partial charge on any atom is 0.180 e. The van der Waals surface area contributed by atoms with Gasteiger partial charge in [-0.2, -0.15) is 0 Å². The van der Waals surface area contributed by atoms with E-state index in [2.05, 4.69) is 5.32 Å². The minimum Gasteiger partial charge on any atom is -0.302 e. The lowest BCUT2D eigenvalue weighted by atomic mass is 10.0. The molecule has 0 fully saturated rings. The fourth-order valence-corrected chi connectivity index (χ4v) is 4.71. The molecule has 2 atom stereocenters. The molecule has 1 aliphatic heterocycles. The third-order valence-corrected chi connectivity index (χ3v) is 5.86. The van der Waals surface area contributed by atoms with Gasteiger partial charge in [-0.05, 0) is 36.2 Å². The summed E-state index contributed by atoms with van der Waals surface area (Å²) in [4.78, 5) is 0.445. The molecule has 2 aromatic rings. The summed E-state index contributed by atoms with van der Waals surface area (Å²) in [6, 6.07) is 14.6. The van der Waals surface area contributed by atoms with E-state index in [0.29, 0.717) is 9.92 Å². The van der Waals surface area contributed by atoms with E-state index < -0.39 is 9.84 Å². The van der Waals surface area contributed by atoms with Crippen LogP contribution in [0.25, 0.3) is 0 Å². The van der Waals surface area contributed by atoms with Gasteiger partial charge < -0.3 is 5.32 Å². The Hall–Kier alpha value is -1.36. The van der Waals surface area contributed by atoms with Crippen molar-refractivity contribution in [1.82, 2.24) is 5.32 Å². The Morgan fingerprint density at radius 2 is 1.95 bits per heavy atom. The Bertz CT molecular complexity index is 773. The van der Waals surface area contributed by atoms with Crippen molar-refractivity contribution in [2.45, 2.75) is 23.9 Å². The minimum absolute atomic E-state index is 0.0232. The molecule has 2 aromatic carbocycles. The Labute approximate surface area is 129 Å². The zero-order valence-corrected chi connectivity index (χ0v) is 13.2.